The van der Waals surface area contributed by atoms with Crippen molar-refractivity contribution in [2.45, 2.75) is 6.10 Å². The highest BCUT2D eigenvalue weighted by atomic mass is 127. The van der Waals surface area contributed by atoms with Gasteiger partial charge in [0.05, 0.1) is 5.56 Å². The highest BCUT2D eigenvalue weighted by Crippen LogP contribution is 2.14. The average molecular weight is 542 g/mol. The van der Waals surface area contributed by atoms with Crippen molar-refractivity contribution in [1.29, 1.82) is 0 Å². The average Bonchev–Trinajstić information content (AvgIpc) is 2.26. The van der Waals surface area contributed by atoms with Crippen LogP contribution in [0.1, 0.15) is 10.4 Å². The van der Waals surface area contributed by atoms with E-state index in [2.05, 4.69) is 67.8 Å². The van der Waals surface area contributed by atoms with Crippen LogP contribution < -0.4 is 0 Å². The zero-order valence-corrected chi connectivity index (χ0v) is 14.2. The molecule has 5 heteroatoms. The van der Waals surface area contributed by atoms with Crippen LogP contribution in [-0.2, 0) is 4.74 Å². The Morgan fingerprint density at radius 2 is 1.87 bits per heavy atom. The molecule has 0 aliphatic heterocycles. The van der Waals surface area contributed by atoms with Gasteiger partial charge in [-0.15, -0.1) is 0 Å². The van der Waals surface area contributed by atoms with Crippen LogP contribution in [-0.4, -0.2) is 20.9 Å². The van der Waals surface area contributed by atoms with Gasteiger partial charge in [0.2, 0.25) is 0 Å². The van der Waals surface area contributed by atoms with Crippen LogP contribution >= 0.6 is 67.8 Å². The van der Waals surface area contributed by atoms with Crippen molar-refractivity contribution in [3.63, 3.8) is 0 Å². The molecular weight excluding hydrogens is 533 g/mol. The Labute approximate surface area is 130 Å². The molecule has 0 atom stereocenters. The van der Waals surface area contributed by atoms with Crippen molar-refractivity contribution in [3.8, 4) is 0 Å². The Bertz CT molecular complexity index is 337. The lowest BCUT2D eigenvalue weighted by Crippen LogP contribution is -2.21. The molecule has 0 N–H and O–H groups in total. The molecule has 1 aromatic carbocycles. The third kappa shape index (κ3) is 4.33. The van der Waals surface area contributed by atoms with E-state index < -0.39 is 0 Å². The van der Waals surface area contributed by atoms with Gasteiger partial charge in [0, 0.05) is 12.4 Å². The maximum atomic E-state index is 11.8. The fraction of sp³-hybridized carbons (Fsp3) is 0.300. The Hall–Kier alpha value is 0.880. The molecule has 0 fully saturated rings. The molecule has 15 heavy (non-hydrogen) atoms. The largest absolute Gasteiger partial charge is 0.457 e. The molecule has 1 aromatic rings. The van der Waals surface area contributed by atoms with E-state index in [1.54, 1.807) is 6.07 Å². The van der Waals surface area contributed by atoms with Crippen LogP contribution in [0, 0.1) is 3.57 Å². The molecule has 0 aliphatic carbocycles. The molecule has 0 saturated heterocycles. The molecule has 0 bridgehead atoms. The topological polar surface area (TPSA) is 26.3 Å². The summed E-state index contributed by atoms with van der Waals surface area (Å²) in [6, 6.07) is 7.45. The molecule has 0 aliphatic rings. The maximum Gasteiger partial charge on any atom is 0.339 e. The summed E-state index contributed by atoms with van der Waals surface area (Å²) in [5.74, 6) is -0.224. The van der Waals surface area contributed by atoms with Gasteiger partial charge in [-0.2, -0.15) is 0 Å². The summed E-state index contributed by atoms with van der Waals surface area (Å²) >= 11 is 6.60. The van der Waals surface area contributed by atoms with Crippen LogP contribution in [0.15, 0.2) is 24.3 Å². The number of alkyl halides is 2. The second-order valence-electron chi connectivity index (χ2n) is 2.82. The molecule has 0 spiro atoms. The summed E-state index contributed by atoms with van der Waals surface area (Å²) < 4.78 is 7.95. The summed E-state index contributed by atoms with van der Waals surface area (Å²) in [5, 5.41) is 0. The van der Waals surface area contributed by atoms with Crippen molar-refractivity contribution in [3.05, 3.63) is 33.4 Å². The quantitative estimate of drug-likeness (QED) is 0.330. The SMILES string of the molecule is O=C(OC(CI)CI)c1ccccc1I. The second kappa shape index (κ2) is 7.25. The highest BCUT2D eigenvalue weighted by Gasteiger charge is 2.15. The van der Waals surface area contributed by atoms with Crippen molar-refractivity contribution >= 4 is 73.7 Å². The number of hydrogen-bond donors (Lipinski definition) is 0. The molecule has 82 valence electrons. The minimum Gasteiger partial charge on any atom is -0.457 e. The summed E-state index contributed by atoms with van der Waals surface area (Å²) in [6.07, 6.45) is 0.00899. The number of rotatable bonds is 4. The summed E-state index contributed by atoms with van der Waals surface area (Å²) in [6.45, 7) is 0. The van der Waals surface area contributed by atoms with Gasteiger partial charge in [-0.1, -0.05) is 57.3 Å². The van der Waals surface area contributed by atoms with Gasteiger partial charge >= 0.3 is 5.97 Å². The van der Waals surface area contributed by atoms with Crippen LogP contribution in [0.25, 0.3) is 0 Å². The van der Waals surface area contributed by atoms with Crippen LogP contribution in [0.2, 0.25) is 0 Å². The molecular formula is C10H9I3O2. The fourth-order valence-electron chi connectivity index (χ4n) is 0.946. The van der Waals surface area contributed by atoms with Gasteiger partial charge in [0.1, 0.15) is 6.10 Å². The minimum absolute atomic E-state index is 0.00899. The number of ether oxygens (including phenoxy) is 1. The number of esters is 1. The lowest BCUT2D eigenvalue weighted by molar-refractivity contribution is 0.0402. The van der Waals surface area contributed by atoms with Crippen LogP contribution in [0.3, 0.4) is 0 Å². The van der Waals surface area contributed by atoms with E-state index in [0.717, 1.165) is 12.4 Å². The van der Waals surface area contributed by atoms with Crippen molar-refractivity contribution in [2.24, 2.45) is 0 Å². The monoisotopic (exact) mass is 542 g/mol. The van der Waals surface area contributed by atoms with Crippen LogP contribution in [0.5, 0.6) is 0 Å². The highest BCUT2D eigenvalue weighted by molar-refractivity contribution is 14.1. The molecule has 0 radical (unpaired) electrons. The Morgan fingerprint density at radius 3 is 2.40 bits per heavy atom. The molecule has 0 heterocycles. The Kier molecular flexibility index (Phi) is 6.74. The standard InChI is InChI=1S/C10H9I3O2/c11-5-7(6-12)15-10(14)8-3-1-2-4-9(8)13/h1-4,7H,5-6H2. The molecule has 0 unspecified atom stereocenters. The molecule has 2 nitrogen and oxygen atoms in total. The van der Waals surface area contributed by atoms with Gasteiger partial charge in [0.15, 0.2) is 0 Å². The zero-order valence-electron chi connectivity index (χ0n) is 7.75. The fourth-order valence-corrected chi connectivity index (χ4v) is 3.73. The lowest BCUT2D eigenvalue weighted by atomic mass is 10.2. The van der Waals surface area contributed by atoms with E-state index in [1.165, 1.54) is 0 Å². The normalized spacial score (nSPS) is 10.4. The number of hydrogen-bond acceptors (Lipinski definition) is 2. The maximum absolute atomic E-state index is 11.8. The van der Waals surface area contributed by atoms with Gasteiger partial charge in [-0.05, 0) is 34.7 Å². The zero-order chi connectivity index (χ0) is 11.3. The summed E-state index contributed by atoms with van der Waals surface area (Å²) in [5.41, 5.74) is 0.651. The first-order valence-electron chi connectivity index (χ1n) is 4.26. The molecule has 0 amide bonds. The van der Waals surface area contributed by atoms with Gasteiger partial charge in [0.25, 0.3) is 0 Å². The van der Waals surface area contributed by atoms with E-state index in [9.17, 15) is 4.79 Å². The van der Waals surface area contributed by atoms with Gasteiger partial charge in [-0.25, -0.2) is 4.79 Å². The van der Waals surface area contributed by atoms with Crippen molar-refractivity contribution in [2.75, 3.05) is 8.86 Å². The third-order valence-electron chi connectivity index (χ3n) is 1.71. The van der Waals surface area contributed by atoms with E-state index in [0.29, 0.717) is 5.56 Å². The van der Waals surface area contributed by atoms with E-state index in [-0.39, 0.29) is 12.1 Å². The predicted octanol–water partition coefficient (Wildman–Crippen LogP) is 3.69. The first-order valence-corrected chi connectivity index (χ1v) is 8.39. The van der Waals surface area contributed by atoms with E-state index in [1.807, 2.05) is 18.2 Å². The predicted molar refractivity (Wildman–Crippen MR) is 86.1 cm³/mol. The number of benzene rings is 1. The first kappa shape index (κ1) is 13.9. The minimum atomic E-state index is -0.224. The Balaban J connectivity index is 2.73. The third-order valence-corrected chi connectivity index (χ3v) is 4.62. The molecule has 0 aromatic heterocycles. The van der Waals surface area contributed by atoms with Gasteiger partial charge in [-0.3, -0.25) is 0 Å². The van der Waals surface area contributed by atoms with E-state index in [4.69, 9.17) is 4.74 Å². The van der Waals surface area contributed by atoms with Crippen LogP contribution in [0.4, 0.5) is 0 Å². The van der Waals surface area contributed by atoms with Crippen molar-refractivity contribution < 1.29 is 9.53 Å². The van der Waals surface area contributed by atoms with Gasteiger partial charge < -0.3 is 4.74 Å². The number of halogens is 3. The molecule has 1 rings (SSSR count). The number of carbonyl (C=O) groups excluding carboxylic acids is 1. The first-order chi connectivity index (χ1) is 7.19. The summed E-state index contributed by atoms with van der Waals surface area (Å²) in [7, 11) is 0. The Morgan fingerprint density at radius 1 is 1.27 bits per heavy atom. The lowest BCUT2D eigenvalue weighted by Gasteiger charge is -2.13. The van der Waals surface area contributed by atoms with E-state index >= 15 is 0 Å². The summed E-state index contributed by atoms with van der Waals surface area (Å²) in [4.78, 5) is 11.8. The molecule has 0 saturated carbocycles. The smallest absolute Gasteiger partial charge is 0.339 e. The van der Waals surface area contributed by atoms with Crippen molar-refractivity contribution in [1.82, 2.24) is 0 Å². The number of carbonyl (C=O) groups is 1. The second-order valence-corrected chi connectivity index (χ2v) is 5.74.